The fraction of sp³-hybridized carbons (Fsp3) is 0.429. The van der Waals surface area contributed by atoms with Crippen LogP contribution in [0.5, 0.6) is 0 Å². The third-order valence-corrected chi connectivity index (χ3v) is 7.68. The molecule has 1 aliphatic heterocycles. The molecule has 1 atom stereocenters. The van der Waals surface area contributed by atoms with Gasteiger partial charge < -0.3 is 15.3 Å². The third-order valence-electron chi connectivity index (χ3n) is 7.24. The molecule has 1 heterocycles. The van der Waals surface area contributed by atoms with E-state index in [0.717, 1.165) is 0 Å². The monoisotopic (exact) mass is 599 g/mol. The number of benzene rings is 2. The van der Waals surface area contributed by atoms with Gasteiger partial charge in [0.25, 0.3) is 11.8 Å². The van der Waals surface area contributed by atoms with Crippen molar-refractivity contribution in [2.75, 3.05) is 6.54 Å². The van der Waals surface area contributed by atoms with Crippen molar-refractivity contribution in [3.8, 4) is 0 Å². The molecular formula is C28H30Cl2F3N3O4. The summed E-state index contributed by atoms with van der Waals surface area (Å²) in [5.74, 6) is -3.39. The number of aliphatic imine (C=N–C) groups is 1. The number of nitrogens with one attached hydrogen (secondary N) is 1. The summed E-state index contributed by atoms with van der Waals surface area (Å²) < 4.78 is 40.4. The van der Waals surface area contributed by atoms with Crippen LogP contribution in [0.15, 0.2) is 47.5 Å². The van der Waals surface area contributed by atoms with E-state index < -0.39 is 41.6 Å². The number of carboxylic acid groups (broad SMARTS) is 1. The SMILES string of the molecule is C.C[C@H](c1ccc(C(=O)NCCC(=O)O)cc1)N1C(=O)C(c2cc(Cl)cc(Cl)c2)=NC12CCC(C(F)(F)F)CC2. The van der Waals surface area contributed by atoms with Crippen LogP contribution in [0.2, 0.25) is 10.0 Å². The van der Waals surface area contributed by atoms with E-state index in [4.69, 9.17) is 33.3 Å². The van der Waals surface area contributed by atoms with E-state index in [1.807, 2.05) is 0 Å². The summed E-state index contributed by atoms with van der Waals surface area (Å²) in [6.07, 6.45) is -4.79. The number of alkyl halides is 3. The summed E-state index contributed by atoms with van der Waals surface area (Å²) in [5, 5.41) is 11.9. The minimum absolute atomic E-state index is 0. The zero-order valence-corrected chi connectivity index (χ0v) is 22.4. The Kier molecular flexibility index (Phi) is 9.57. The van der Waals surface area contributed by atoms with Gasteiger partial charge in [-0.05, 0) is 68.5 Å². The van der Waals surface area contributed by atoms with Gasteiger partial charge in [0.05, 0.1) is 18.4 Å². The second-order valence-corrected chi connectivity index (χ2v) is 10.7. The van der Waals surface area contributed by atoms with Crippen LogP contribution in [0.1, 0.15) is 74.0 Å². The highest BCUT2D eigenvalue weighted by Gasteiger charge is 2.54. The molecule has 1 aliphatic carbocycles. The van der Waals surface area contributed by atoms with Crippen LogP contribution in [0.4, 0.5) is 13.2 Å². The van der Waals surface area contributed by atoms with E-state index in [-0.39, 0.29) is 51.8 Å². The largest absolute Gasteiger partial charge is 0.481 e. The number of halogens is 5. The van der Waals surface area contributed by atoms with Crippen LogP contribution in [0, 0.1) is 5.92 Å². The summed E-state index contributed by atoms with van der Waals surface area (Å²) in [6.45, 7) is 1.74. The van der Waals surface area contributed by atoms with Gasteiger partial charge in [-0.3, -0.25) is 19.4 Å². The van der Waals surface area contributed by atoms with Crippen LogP contribution in [-0.4, -0.2) is 51.9 Å². The Morgan fingerprint density at radius 3 is 2.23 bits per heavy atom. The van der Waals surface area contributed by atoms with Crippen molar-refractivity contribution in [2.24, 2.45) is 10.9 Å². The van der Waals surface area contributed by atoms with E-state index in [1.165, 1.54) is 11.0 Å². The van der Waals surface area contributed by atoms with Crippen molar-refractivity contribution < 1.29 is 32.7 Å². The number of carboxylic acids is 1. The van der Waals surface area contributed by atoms with Crippen LogP contribution < -0.4 is 5.32 Å². The van der Waals surface area contributed by atoms with Gasteiger partial charge in [-0.15, -0.1) is 0 Å². The Hall–Kier alpha value is -3.11. The molecule has 216 valence electrons. The van der Waals surface area contributed by atoms with Crippen molar-refractivity contribution in [3.05, 3.63) is 69.2 Å². The fourth-order valence-electron chi connectivity index (χ4n) is 5.24. The number of amides is 2. The Labute approximate surface area is 240 Å². The molecule has 12 heteroatoms. The summed E-state index contributed by atoms with van der Waals surface area (Å²) in [5.41, 5.74) is 0.261. The first-order chi connectivity index (χ1) is 18.3. The van der Waals surface area contributed by atoms with Crippen LogP contribution >= 0.6 is 23.2 Å². The van der Waals surface area contributed by atoms with Gasteiger partial charge in [0.2, 0.25) is 0 Å². The molecule has 40 heavy (non-hydrogen) atoms. The molecule has 2 amide bonds. The molecule has 7 nitrogen and oxygen atoms in total. The number of rotatable bonds is 7. The Morgan fingerprint density at radius 1 is 1.12 bits per heavy atom. The van der Waals surface area contributed by atoms with Gasteiger partial charge in [0.15, 0.2) is 0 Å². The maximum atomic E-state index is 13.8. The molecule has 0 unspecified atom stereocenters. The lowest BCUT2D eigenvalue weighted by molar-refractivity contribution is -0.188. The maximum Gasteiger partial charge on any atom is 0.391 e. The first kappa shape index (κ1) is 31.4. The molecule has 0 aromatic heterocycles. The van der Waals surface area contributed by atoms with E-state index in [9.17, 15) is 27.6 Å². The molecule has 1 saturated carbocycles. The van der Waals surface area contributed by atoms with Crippen molar-refractivity contribution in [2.45, 2.75) is 64.3 Å². The number of carbonyl (C=O) groups is 3. The van der Waals surface area contributed by atoms with E-state index in [2.05, 4.69) is 5.32 Å². The summed E-state index contributed by atoms with van der Waals surface area (Å²) in [7, 11) is 0. The molecule has 4 rings (SSSR count). The molecule has 2 aromatic carbocycles. The predicted molar refractivity (Wildman–Crippen MR) is 147 cm³/mol. The average Bonchev–Trinajstić information content (AvgIpc) is 3.13. The zero-order chi connectivity index (χ0) is 28.5. The zero-order valence-electron chi connectivity index (χ0n) is 20.9. The van der Waals surface area contributed by atoms with Gasteiger partial charge in [-0.1, -0.05) is 42.8 Å². The Bertz CT molecular complexity index is 1290. The molecule has 1 spiro atoms. The van der Waals surface area contributed by atoms with E-state index in [1.54, 1.807) is 43.3 Å². The van der Waals surface area contributed by atoms with Gasteiger partial charge in [0.1, 0.15) is 11.4 Å². The topological polar surface area (TPSA) is 99.1 Å². The highest BCUT2D eigenvalue weighted by molar-refractivity contribution is 6.47. The second-order valence-electron chi connectivity index (χ2n) is 9.79. The molecule has 1 fully saturated rings. The van der Waals surface area contributed by atoms with Gasteiger partial charge in [-0.25, -0.2) is 0 Å². The van der Waals surface area contributed by atoms with E-state index >= 15 is 0 Å². The lowest BCUT2D eigenvalue weighted by atomic mass is 9.80. The van der Waals surface area contributed by atoms with Crippen LogP contribution in [0.25, 0.3) is 0 Å². The van der Waals surface area contributed by atoms with E-state index in [0.29, 0.717) is 26.7 Å². The normalized spacial score (nSPS) is 21.6. The number of hydrogen-bond donors (Lipinski definition) is 2. The van der Waals surface area contributed by atoms with Crippen molar-refractivity contribution in [3.63, 3.8) is 0 Å². The molecule has 0 saturated heterocycles. The van der Waals surface area contributed by atoms with Crippen LogP contribution in [0.3, 0.4) is 0 Å². The highest BCUT2D eigenvalue weighted by Crippen LogP contribution is 2.49. The van der Waals surface area contributed by atoms with Crippen LogP contribution in [-0.2, 0) is 9.59 Å². The van der Waals surface area contributed by atoms with Gasteiger partial charge >= 0.3 is 12.1 Å². The second kappa shape index (κ2) is 12.2. The third kappa shape index (κ3) is 6.61. The predicted octanol–water partition coefficient (Wildman–Crippen LogP) is 6.68. The van der Waals surface area contributed by atoms with Crippen molar-refractivity contribution >= 4 is 46.7 Å². The maximum absolute atomic E-state index is 13.8. The van der Waals surface area contributed by atoms with Crippen molar-refractivity contribution in [1.29, 1.82) is 0 Å². The minimum atomic E-state index is -4.32. The molecular weight excluding hydrogens is 570 g/mol. The fourth-order valence-corrected chi connectivity index (χ4v) is 5.76. The number of hydrogen-bond acceptors (Lipinski definition) is 4. The quantitative estimate of drug-likeness (QED) is 0.371. The molecule has 2 aliphatic rings. The molecule has 0 radical (unpaired) electrons. The molecule has 2 N–H and O–H groups in total. The lowest BCUT2D eigenvalue weighted by Gasteiger charge is -2.44. The van der Waals surface area contributed by atoms with Crippen molar-refractivity contribution in [1.82, 2.24) is 10.2 Å². The highest BCUT2D eigenvalue weighted by atomic mass is 35.5. The van der Waals surface area contributed by atoms with Gasteiger partial charge in [0, 0.05) is 27.7 Å². The number of aliphatic carboxylic acids is 1. The average molecular weight is 600 g/mol. The first-order valence-electron chi connectivity index (χ1n) is 12.4. The smallest absolute Gasteiger partial charge is 0.391 e. The summed E-state index contributed by atoms with van der Waals surface area (Å²) in [6, 6.07) is 10.4. The summed E-state index contributed by atoms with van der Waals surface area (Å²) >= 11 is 12.3. The standard InChI is InChI=1S/C27H26Cl2F3N3O4.CH4/c1-15(16-2-4-17(5-3-16)24(38)33-11-8-22(36)37)35-25(39)23(18-12-20(28)14-21(29)13-18)34-26(35)9-6-19(7-10-26)27(30,31)32;/h2-5,12-15,19H,6-11H2,1H3,(H,33,38)(H,36,37);1H4/t15-,19?,26?;/m1./s1. The van der Waals surface area contributed by atoms with Gasteiger partial charge in [-0.2, -0.15) is 13.2 Å². The minimum Gasteiger partial charge on any atom is -0.481 e. The molecule has 0 bridgehead atoms. The molecule has 2 aromatic rings. The lowest BCUT2D eigenvalue weighted by Crippen LogP contribution is -2.51. The number of carbonyl (C=O) groups excluding carboxylic acids is 2. The summed E-state index contributed by atoms with van der Waals surface area (Å²) in [4.78, 5) is 43.1. The Balaban J connectivity index is 0.00000441. The first-order valence-corrected chi connectivity index (χ1v) is 13.1. The number of nitrogens with zero attached hydrogens (tertiary/aromatic N) is 2. The Morgan fingerprint density at radius 2 is 1.70 bits per heavy atom.